The topological polar surface area (TPSA) is 74.5 Å². The van der Waals surface area contributed by atoms with Gasteiger partial charge in [0.05, 0.1) is 16.5 Å². The van der Waals surface area contributed by atoms with Crippen LogP contribution in [-0.4, -0.2) is 17.0 Å². The molecule has 0 N–H and O–H groups in total. The van der Waals surface area contributed by atoms with Crippen molar-refractivity contribution in [3.8, 4) is 17.4 Å². The summed E-state index contributed by atoms with van der Waals surface area (Å²) >= 11 is 3.02. The molecule has 8 heteroatoms. The van der Waals surface area contributed by atoms with Gasteiger partial charge in [-0.2, -0.15) is 0 Å². The number of methoxy groups -OCH3 is 1. The Hall–Kier alpha value is -2.22. The fraction of sp³-hybridized carbons (Fsp3) is 0.154. The molecule has 0 aliphatic carbocycles. The Labute approximate surface area is 127 Å². The van der Waals surface area contributed by atoms with Gasteiger partial charge in [-0.3, -0.25) is 10.1 Å². The van der Waals surface area contributed by atoms with Gasteiger partial charge in [0.15, 0.2) is 11.5 Å². The zero-order chi connectivity index (χ0) is 15.6. The highest BCUT2D eigenvalue weighted by molar-refractivity contribution is 9.10. The minimum atomic E-state index is -0.597. The van der Waals surface area contributed by atoms with Gasteiger partial charge in [-0.15, -0.1) is 0 Å². The molecule has 1 aromatic carbocycles. The van der Waals surface area contributed by atoms with E-state index in [4.69, 9.17) is 9.47 Å². The summed E-state index contributed by atoms with van der Waals surface area (Å²) in [4.78, 5) is 14.3. The lowest BCUT2D eigenvalue weighted by Crippen LogP contribution is -1.98. The van der Waals surface area contributed by atoms with Crippen molar-refractivity contribution in [2.75, 3.05) is 7.11 Å². The predicted octanol–water partition coefficient (Wildman–Crippen LogP) is 4.00. The van der Waals surface area contributed by atoms with Crippen LogP contribution in [0.3, 0.4) is 0 Å². The summed E-state index contributed by atoms with van der Waals surface area (Å²) in [5.41, 5.74) is 0.346. The highest BCUT2D eigenvalue weighted by Gasteiger charge is 2.20. The number of hydrogen-bond acceptors (Lipinski definition) is 5. The van der Waals surface area contributed by atoms with Gasteiger partial charge in [-0.05, 0) is 28.4 Å². The van der Waals surface area contributed by atoms with Crippen LogP contribution in [0.25, 0.3) is 0 Å². The highest BCUT2D eigenvalue weighted by atomic mass is 79.9. The van der Waals surface area contributed by atoms with Crippen molar-refractivity contribution in [3.05, 3.63) is 50.4 Å². The van der Waals surface area contributed by atoms with E-state index in [-0.39, 0.29) is 27.5 Å². The number of halogens is 2. The molecule has 110 valence electrons. The van der Waals surface area contributed by atoms with E-state index >= 15 is 0 Å². The van der Waals surface area contributed by atoms with Gasteiger partial charge in [0.1, 0.15) is 5.82 Å². The second-order valence-corrected chi connectivity index (χ2v) is 4.97. The van der Waals surface area contributed by atoms with Crippen molar-refractivity contribution >= 4 is 21.6 Å². The first kappa shape index (κ1) is 15.2. The zero-order valence-corrected chi connectivity index (χ0v) is 12.7. The molecule has 1 heterocycles. The summed E-state index contributed by atoms with van der Waals surface area (Å²) in [6, 6.07) is 3.77. The maximum Gasteiger partial charge on any atom is 0.331 e. The Morgan fingerprint density at radius 1 is 1.33 bits per heavy atom. The van der Waals surface area contributed by atoms with Crippen molar-refractivity contribution in [1.29, 1.82) is 0 Å². The predicted molar refractivity (Wildman–Crippen MR) is 76.4 cm³/mol. The van der Waals surface area contributed by atoms with Crippen LogP contribution >= 0.6 is 15.9 Å². The van der Waals surface area contributed by atoms with Crippen LogP contribution in [0.5, 0.6) is 17.4 Å². The van der Waals surface area contributed by atoms with Crippen molar-refractivity contribution in [3.63, 3.8) is 0 Å². The number of hydrogen-bond donors (Lipinski definition) is 0. The first-order chi connectivity index (χ1) is 9.92. The molecule has 2 aromatic rings. The number of benzene rings is 1. The van der Waals surface area contributed by atoms with Crippen molar-refractivity contribution in [2.24, 2.45) is 0 Å². The quantitative estimate of drug-likeness (QED) is 0.611. The fourth-order valence-electron chi connectivity index (χ4n) is 1.60. The van der Waals surface area contributed by atoms with Gasteiger partial charge in [0.25, 0.3) is 5.88 Å². The smallest absolute Gasteiger partial charge is 0.331 e. The number of aromatic nitrogens is 1. The van der Waals surface area contributed by atoms with E-state index in [1.165, 1.54) is 25.4 Å². The lowest BCUT2D eigenvalue weighted by atomic mass is 10.3. The maximum atomic E-state index is 13.4. The third-order valence-electron chi connectivity index (χ3n) is 2.58. The molecule has 0 fully saturated rings. The number of rotatable bonds is 4. The standard InChI is InChI=1S/C13H10BrFN2O4/c1-7-3-10(17(18)19)13(16-6-7)21-12-4-8(14)9(15)5-11(12)20-2/h3-6H,1-2H3. The van der Waals surface area contributed by atoms with Gasteiger partial charge in [0.2, 0.25) is 0 Å². The highest BCUT2D eigenvalue weighted by Crippen LogP contribution is 2.37. The number of pyridine rings is 1. The molecule has 0 radical (unpaired) electrons. The first-order valence-corrected chi connectivity index (χ1v) is 6.53. The average molecular weight is 357 g/mol. The van der Waals surface area contributed by atoms with E-state index in [2.05, 4.69) is 20.9 Å². The van der Waals surface area contributed by atoms with Gasteiger partial charge in [-0.25, -0.2) is 9.37 Å². The van der Waals surface area contributed by atoms with Crippen LogP contribution in [0.2, 0.25) is 0 Å². The third kappa shape index (κ3) is 3.27. The van der Waals surface area contributed by atoms with E-state index in [1.807, 2.05) is 0 Å². The van der Waals surface area contributed by atoms with E-state index in [9.17, 15) is 14.5 Å². The molecule has 6 nitrogen and oxygen atoms in total. The fourth-order valence-corrected chi connectivity index (χ4v) is 1.93. The molecule has 0 aliphatic heterocycles. The molecule has 2 rings (SSSR count). The minimum absolute atomic E-state index is 0.104. The monoisotopic (exact) mass is 356 g/mol. The zero-order valence-electron chi connectivity index (χ0n) is 11.1. The molecule has 0 aliphatic rings. The van der Waals surface area contributed by atoms with E-state index in [0.29, 0.717) is 5.56 Å². The summed E-state index contributed by atoms with van der Waals surface area (Å²) in [6.45, 7) is 1.68. The number of nitrogens with zero attached hydrogens (tertiary/aromatic N) is 2. The summed E-state index contributed by atoms with van der Waals surface area (Å²) in [5, 5.41) is 11.0. The molecule has 0 atom stereocenters. The van der Waals surface area contributed by atoms with Gasteiger partial charge in [0, 0.05) is 24.4 Å². The second-order valence-electron chi connectivity index (χ2n) is 4.11. The number of ether oxygens (including phenoxy) is 2. The number of aryl methyl sites for hydroxylation is 1. The van der Waals surface area contributed by atoms with E-state index in [1.54, 1.807) is 6.92 Å². The molecular weight excluding hydrogens is 347 g/mol. The van der Waals surface area contributed by atoms with Gasteiger partial charge in [-0.1, -0.05) is 0 Å². The molecule has 0 unspecified atom stereocenters. The molecule has 21 heavy (non-hydrogen) atoms. The SMILES string of the molecule is COc1cc(F)c(Br)cc1Oc1ncc(C)cc1[N+](=O)[O-]. The molecule has 1 aromatic heterocycles. The average Bonchev–Trinajstić information content (AvgIpc) is 2.44. The van der Waals surface area contributed by atoms with Crippen LogP contribution in [-0.2, 0) is 0 Å². The maximum absolute atomic E-state index is 13.4. The Morgan fingerprint density at radius 3 is 2.67 bits per heavy atom. The lowest BCUT2D eigenvalue weighted by molar-refractivity contribution is -0.386. The minimum Gasteiger partial charge on any atom is -0.493 e. The van der Waals surface area contributed by atoms with Gasteiger partial charge < -0.3 is 9.47 Å². The van der Waals surface area contributed by atoms with Crippen LogP contribution in [0.15, 0.2) is 28.9 Å². The summed E-state index contributed by atoms with van der Waals surface area (Å²) < 4.78 is 24.0. The first-order valence-electron chi connectivity index (χ1n) is 5.74. The lowest BCUT2D eigenvalue weighted by Gasteiger charge is -2.10. The Kier molecular flexibility index (Phi) is 4.37. The summed E-state index contributed by atoms with van der Waals surface area (Å²) in [6.07, 6.45) is 1.44. The summed E-state index contributed by atoms with van der Waals surface area (Å²) in [7, 11) is 1.34. The Balaban J connectivity index is 2.47. The van der Waals surface area contributed by atoms with Crippen LogP contribution in [0.1, 0.15) is 5.56 Å². The normalized spacial score (nSPS) is 10.3. The largest absolute Gasteiger partial charge is 0.493 e. The Morgan fingerprint density at radius 2 is 2.05 bits per heavy atom. The van der Waals surface area contributed by atoms with Crippen LogP contribution in [0, 0.1) is 22.9 Å². The summed E-state index contributed by atoms with van der Waals surface area (Å²) in [5.74, 6) is -0.509. The molecule has 0 saturated carbocycles. The molecule has 0 spiro atoms. The molecule has 0 amide bonds. The second kappa shape index (κ2) is 6.04. The van der Waals surface area contributed by atoms with Crippen LogP contribution < -0.4 is 9.47 Å². The van der Waals surface area contributed by atoms with Crippen molar-refractivity contribution in [2.45, 2.75) is 6.92 Å². The molecular formula is C13H10BrFN2O4. The number of nitro groups is 1. The van der Waals surface area contributed by atoms with Crippen molar-refractivity contribution in [1.82, 2.24) is 4.98 Å². The Bertz CT molecular complexity index is 709. The van der Waals surface area contributed by atoms with Crippen molar-refractivity contribution < 1.29 is 18.8 Å². The van der Waals surface area contributed by atoms with E-state index in [0.717, 1.165) is 6.07 Å². The van der Waals surface area contributed by atoms with Gasteiger partial charge >= 0.3 is 5.69 Å². The molecule has 0 saturated heterocycles. The molecule has 0 bridgehead atoms. The third-order valence-corrected chi connectivity index (χ3v) is 3.19. The van der Waals surface area contributed by atoms with E-state index < -0.39 is 10.7 Å². The van der Waals surface area contributed by atoms with Crippen LogP contribution in [0.4, 0.5) is 10.1 Å².